The molecule has 29 heavy (non-hydrogen) atoms. The molecule has 1 aromatic heterocycles. The predicted molar refractivity (Wildman–Crippen MR) is 118 cm³/mol. The Balaban J connectivity index is 1.80. The molecule has 0 bridgehead atoms. The summed E-state index contributed by atoms with van der Waals surface area (Å²) in [5.74, 6) is 0.507. The van der Waals surface area contributed by atoms with Crippen molar-refractivity contribution in [1.29, 1.82) is 0 Å². The van der Waals surface area contributed by atoms with Crippen molar-refractivity contribution in [3.8, 4) is 0 Å². The molecule has 0 aliphatic heterocycles. The summed E-state index contributed by atoms with van der Waals surface area (Å²) in [6.07, 6.45) is 18.6. The number of hydrogen-bond acceptors (Lipinski definition) is 1. The Morgan fingerprint density at radius 2 is 1.55 bits per heavy atom. The standard InChI is InChI=1S/C25H38N2O2/c1-2-3-4-5-6-7-8-9-10-14-17-24-26(19-18-25(28)29)20-21-27(24)22-23-15-12-11-13-16-23/h11-13,15-16,20-21H,2-10,14,17-19,22H2,1H3/p+1. The van der Waals surface area contributed by atoms with E-state index in [9.17, 15) is 4.79 Å². The molecule has 0 atom stereocenters. The number of rotatable bonds is 16. The van der Waals surface area contributed by atoms with Crippen molar-refractivity contribution in [1.82, 2.24) is 4.57 Å². The van der Waals surface area contributed by atoms with E-state index in [1.54, 1.807) is 0 Å². The molecular weight excluding hydrogens is 360 g/mol. The zero-order chi connectivity index (χ0) is 20.7. The highest BCUT2D eigenvalue weighted by atomic mass is 16.4. The first-order valence-electron chi connectivity index (χ1n) is 11.5. The van der Waals surface area contributed by atoms with Crippen LogP contribution in [-0.2, 0) is 24.3 Å². The predicted octanol–water partition coefficient (Wildman–Crippen LogP) is 5.76. The number of carboxylic acid groups (broad SMARTS) is 1. The molecular formula is C25H39N2O2+. The largest absolute Gasteiger partial charge is 0.481 e. The van der Waals surface area contributed by atoms with Gasteiger partial charge in [-0.3, -0.25) is 4.79 Å². The smallest absolute Gasteiger partial charge is 0.307 e. The second-order valence-corrected chi connectivity index (χ2v) is 8.10. The third-order valence-electron chi connectivity index (χ3n) is 5.61. The Morgan fingerprint density at radius 1 is 0.931 bits per heavy atom. The van der Waals surface area contributed by atoms with Gasteiger partial charge in [-0.05, 0) is 12.0 Å². The van der Waals surface area contributed by atoms with E-state index in [2.05, 4.69) is 46.5 Å². The van der Waals surface area contributed by atoms with Crippen molar-refractivity contribution < 1.29 is 14.5 Å². The molecule has 4 heteroatoms. The number of aromatic nitrogens is 2. The monoisotopic (exact) mass is 399 g/mol. The first-order valence-corrected chi connectivity index (χ1v) is 11.5. The Labute approximate surface area is 176 Å². The van der Waals surface area contributed by atoms with Crippen molar-refractivity contribution in [2.75, 3.05) is 0 Å². The van der Waals surface area contributed by atoms with Gasteiger partial charge in [-0.2, -0.15) is 0 Å². The van der Waals surface area contributed by atoms with E-state index in [1.807, 2.05) is 12.3 Å². The summed E-state index contributed by atoms with van der Waals surface area (Å²) in [5, 5.41) is 9.05. The number of carbonyl (C=O) groups is 1. The summed E-state index contributed by atoms with van der Waals surface area (Å²) >= 11 is 0. The van der Waals surface area contributed by atoms with Gasteiger partial charge in [0, 0.05) is 6.42 Å². The van der Waals surface area contributed by atoms with Gasteiger partial charge in [0.25, 0.3) is 5.82 Å². The zero-order valence-corrected chi connectivity index (χ0v) is 18.2. The van der Waals surface area contributed by atoms with E-state index in [0.717, 1.165) is 13.0 Å². The number of imidazole rings is 1. The van der Waals surface area contributed by atoms with Crippen molar-refractivity contribution in [2.24, 2.45) is 0 Å². The van der Waals surface area contributed by atoms with Crippen LogP contribution in [0.5, 0.6) is 0 Å². The van der Waals surface area contributed by atoms with Gasteiger partial charge in [0.15, 0.2) is 0 Å². The Bertz CT molecular complexity index is 694. The minimum Gasteiger partial charge on any atom is -0.481 e. The number of unbranched alkanes of at least 4 members (excludes halogenated alkanes) is 9. The molecule has 0 amide bonds. The lowest BCUT2D eigenvalue weighted by molar-refractivity contribution is -0.695. The van der Waals surface area contributed by atoms with Gasteiger partial charge < -0.3 is 5.11 Å². The molecule has 2 aromatic rings. The summed E-state index contributed by atoms with van der Waals surface area (Å²) in [5.41, 5.74) is 1.28. The first kappa shape index (κ1) is 23.2. The van der Waals surface area contributed by atoms with E-state index >= 15 is 0 Å². The molecule has 4 nitrogen and oxygen atoms in total. The van der Waals surface area contributed by atoms with Crippen LogP contribution in [0.4, 0.5) is 0 Å². The fourth-order valence-electron chi connectivity index (χ4n) is 3.90. The molecule has 0 spiro atoms. The van der Waals surface area contributed by atoms with Crippen molar-refractivity contribution in [2.45, 2.75) is 97.1 Å². The highest BCUT2D eigenvalue weighted by molar-refractivity contribution is 5.66. The van der Waals surface area contributed by atoms with Crippen molar-refractivity contribution >= 4 is 5.97 Å². The molecule has 0 unspecified atom stereocenters. The van der Waals surface area contributed by atoms with Crippen LogP contribution in [0, 0.1) is 0 Å². The third kappa shape index (κ3) is 9.29. The van der Waals surface area contributed by atoms with Crippen LogP contribution < -0.4 is 4.57 Å². The van der Waals surface area contributed by atoms with Gasteiger partial charge in [0.1, 0.15) is 25.5 Å². The number of hydrogen-bond donors (Lipinski definition) is 1. The van der Waals surface area contributed by atoms with Crippen molar-refractivity contribution in [3.05, 3.63) is 54.1 Å². The average molecular weight is 400 g/mol. The molecule has 1 aromatic carbocycles. The molecule has 1 N–H and O–H groups in total. The highest BCUT2D eigenvalue weighted by Crippen LogP contribution is 2.12. The summed E-state index contributed by atoms with van der Waals surface area (Å²) in [4.78, 5) is 11.0. The molecule has 0 fully saturated rings. The van der Waals surface area contributed by atoms with Crippen LogP contribution in [0.25, 0.3) is 0 Å². The van der Waals surface area contributed by atoms with E-state index in [4.69, 9.17) is 5.11 Å². The highest BCUT2D eigenvalue weighted by Gasteiger charge is 2.17. The number of aryl methyl sites for hydroxylation is 1. The van der Waals surface area contributed by atoms with E-state index in [0.29, 0.717) is 6.54 Å². The van der Waals surface area contributed by atoms with Gasteiger partial charge >= 0.3 is 5.97 Å². The second-order valence-electron chi connectivity index (χ2n) is 8.10. The molecule has 160 valence electrons. The van der Waals surface area contributed by atoms with Crippen molar-refractivity contribution in [3.63, 3.8) is 0 Å². The number of benzene rings is 1. The van der Waals surface area contributed by atoms with Crippen LogP contribution in [0.2, 0.25) is 0 Å². The molecule has 0 aliphatic rings. The number of aliphatic carboxylic acids is 1. The maximum atomic E-state index is 11.0. The summed E-state index contributed by atoms with van der Waals surface area (Å²) in [7, 11) is 0. The summed E-state index contributed by atoms with van der Waals surface area (Å²) < 4.78 is 4.41. The van der Waals surface area contributed by atoms with Crippen LogP contribution in [0.1, 0.15) is 88.9 Å². The Morgan fingerprint density at radius 3 is 2.17 bits per heavy atom. The lowest BCUT2D eigenvalue weighted by atomic mass is 10.1. The third-order valence-corrected chi connectivity index (χ3v) is 5.61. The lowest BCUT2D eigenvalue weighted by Crippen LogP contribution is -2.38. The summed E-state index contributed by atoms with van der Waals surface area (Å²) in [6, 6.07) is 10.5. The topological polar surface area (TPSA) is 46.1 Å². The molecule has 2 rings (SSSR count). The second kappa shape index (κ2) is 14.0. The van der Waals surface area contributed by atoms with E-state index in [1.165, 1.54) is 75.6 Å². The van der Waals surface area contributed by atoms with Crippen LogP contribution in [0.3, 0.4) is 0 Å². The number of nitrogens with zero attached hydrogens (tertiary/aromatic N) is 2. The molecule has 0 saturated carbocycles. The van der Waals surface area contributed by atoms with Crippen LogP contribution in [-0.4, -0.2) is 15.6 Å². The Kier molecular flexibility index (Phi) is 11.2. The molecule has 0 saturated heterocycles. The average Bonchev–Trinajstić information content (AvgIpc) is 3.10. The maximum Gasteiger partial charge on any atom is 0.307 e. The van der Waals surface area contributed by atoms with Gasteiger partial charge in [-0.1, -0.05) is 95.0 Å². The molecule has 0 aliphatic carbocycles. The summed E-state index contributed by atoms with van der Waals surface area (Å²) in [6.45, 7) is 3.65. The van der Waals surface area contributed by atoms with E-state index < -0.39 is 5.97 Å². The molecule has 0 radical (unpaired) electrons. The first-order chi connectivity index (χ1) is 14.2. The zero-order valence-electron chi connectivity index (χ0n) is 18.2. The number of carboxylic acids is 1. The van der Waals surface area contributed by atoms with Gasteiger partial charge in [0.05, 0.1) is 6.42 Å². The lowest BCUT2D eigenvalue weighted by Gasteiger charge is -2.06. The normalized spacial score (nSPS) is 11.1. The quantitative estimate of drug-likeness (QED) is 0.288. The van der Waals surface area contributed by atoms with Gasteiger partial charge in [0.2, 0.25) is 0 Å². The fourth-order valence-corrected chi connectivity index (χ4v) is 3.90. The van der Waals surface area contributed by atoms with Gasteiger partial charge in [-0.15, -0.1) is 0 Å². The SMILES string of the molecule is CCCCCCCCCCCCc1n(CCC(=O)O)cc[n+]1Cc1ccccc1. The minimum absolute atomic E-state index is 0.172. The van der Waals surface area contributed by atoms with Gasteiger partial charge in [-0.25, -0.2) is 9.13 Å². The van der Waals surface area contributed by atoms with Crippen LogP contribution >= 0.6 is 0 Å². The maximum absolute atomic E-state index is 11.0. The fraction of sp³-hybridized carbons (Fsp3) is 0.600. The molecule has 1 heterocycles. The van der Waals surface area contributed by atoms with Crippen LogP contribution in [0.15, 0.2) is 42.7 Å². The Hall–Kier alpha value is -2.10. The minimum atomic E-state index is -0.738. The van der Waals surface area contributed by atoms with E-state index in [-0.39, 0.29) is 6.42 Å².